The summed E-state index contributed by atoms with van der Waals surface area (Å²) in [5.41, 5.74) is 2.38. The van der Waals surface area contributed by atoms with Crippen molar-refractivity contribution in [3.63, 3.8) is 0 Å². The van der Waals surface area contributed by atoms with Gasteiger partial charge in [-0.1, -0.05) is 30.7 Å². The van der Waals surface area contributed by atoms with E-state index in [9.17, 15) is 4.79 Å². The highest BCUT2D eigenvalue weighted by molar-refractivity contribution is 6.34. The number of hydrogen-bond acceptors (Lipinski definition) is 3. The molecule has 0 aliphatic rings. The average molecular weight is 304 g/mol. The van der Waals surface area contributed by atoms with Gasteiger partial charge in [0.15, 0.2) is 0 Å². The molecule has 0 bridgehead atoms. The predicted octanol–water partition coefficient (Wildman–Crippen LogP) is 3.98. The van der Waals surface area contributed by atoms with Crippen molar-refractivity contribution in [1.82, 2.24) is 4.98 Å². The maximum atomic E-state index is 12.3. The zero-order valence-corrected chi connectivity index (χ0v) is 12.9. The van der Waals surface area contributed by atoms with Gasteiger partial charge < -0.3 is 10.6 Å². The zero-order valence-electron chi connectivity index (χ0n) is 12.1. The number of nitrogens with zero attached hydrogens (tertiary/aromatic N) is 1. The summed E-state index contributed by atoms with van der Waals surface area (Å²) in [6, 6.07) is 9.41. The third-order valence-corrected chi connectivity index (χ3v) is 3.38. The van der Waals surface area contributed by atoms with Crippen LogP contribution in [-0.2, 0) is 6.42 Å². The highest BCUT2D eigenvalue weighted by atomic mass is 35.5. The lowest BCUT2D eigenvalue weighted by atomic mass is 10.1. The van der Waals surface area contributed by atoms with Gasteiger partial charge in [-0.3, -0.25) is 4.79 Å². The van der Waals surface area contributed by atoms with Crippen LogP contribution in [0, 0.1) is 0 Å². The third kappa shape index (κ3) is 3.95. The minimum Gasteiger partial charge on any atom is -0.370 e. The van der Waals surface area contributed by atoms with Crippen LogP contribution < -0.4 is 10.6 Å². The molecule has 1 aromatic carbocycles. The molecule has 4 nitrogen and oxygen atoms in total. The molecule has 0 spiro atoms. The number of hydrogen-bond donors (Lipinski definition) is 2. The molecule has 2 aromatic rings. The number of halogens is 1. The molecule has 0 aliphatic heterocycles. The van der Waals surface area contributed by atoms with E-state index in [2.05, 4.69) is 22.5 Å². The first-order chi connectivity index (χ1) is 10.1. The second-order valence-corrected chi connectivity index (χ2v) is 4.99. The molecule has 21 heavy (non-hydrogen) atoms. The molecule has 0 fully saturated rings. The van der Waals surface area contributed by atoms with E-state index in [-0.39, 0.29) is 5.91 Å². The average Bonchev–Trinajstić information content (AvgIpc) is 2.50. The Morgan fingerprint density at radius 2 is 1.95 bits per heavy atom. The number of benzene rings is 1. The molecule has 2 N–H and O–H groups in total. The van der Waals surface area contributed by atoms with Crippen molar-refractivity contribution in [2.45, 2.75) is 20.3 Å². The second kappa shape index (κ2) is 7.09. The molecule has 0 saturated carbocycles. The molecule has 110 valence electrons. The van der Waals surface area contributed by atoms with Gasteiger partial charge in [0.05, 0.1) is 10.6 Å². The number of aryl methyl sites for hydroxylation is 1. The van der Waals surface area contributed by atoms with Crippen LogP contribution in [0.5, 0.6) is 0 Å². The normalized spacial score (nSPS) is 10.2. The van der Waals surface area contributed by atoms with Crippen LogP contribution in [0.15, 0.2) is 36.5 Å². The van der Waals surface area contributed by atoms with Gasteiger partial charge in [-0.05, 0) is 37.1 Å². The lowest BCUT2D eigenvalue weighted by molar-refractivity contribution is 0.102. The van der Waals surface area contributed by atoms with Crippen LogP contribution in [0.1, 0.15) is 29.8 Å². The monoisotopic (exact) mass is 303 g/mol. The van der Waals surface area contributed by atoms with E-state index < -0.39 is 0 Å². The quantitative estimate of drug-likeness (QED) is 0.878. The van der Waals surface area contributed by atoms with E-state index in [1.54, 1.807) is 6.07 Å². The molecule has 1 amide bonds. The Bertz CT molecular complexity index is 626. The van der Waals surface area contributed by atoms with Crippen LogP contribution in [0.4, 0.5) is 11.5 Å². The van der Waals surface area contributed by atoms with Crippen molar-refractivity contribution in [2.24, 2.45) is 0 Å². The fraction of sp³-hybridized carbons (Fsp3) is 0.250. The number of pyridine rings is 1. The summed E-state index contributed by atoms with van der Waals surface area (Å²) in [7, 11) is 0. The number of aromatic nitrogens is 1. The number of nitrogens with one attached hydrogen (secondary N) is 2. The Morgan fingerprint density at radius 1 is 1.24 bits per heavy atom. The Morgan fingerprint density at radius 3 is 2.57 bits per heavy atom. The van der Waals surface area contributed by atoms with Crippen molar-refractivity contribution < 1.29 is 4.79 Å². The van der Waals surface area contributed by atoms with E-state index >= 15 is 0 Å². The molecule has 2 rings (SSSR count). The second-order valence-electron chi connectivity index (χ2n) is 4.58. The molecule has 0 saturated heterocycles. The van der Waals surface area contributed by atoms with Gasteiger partial charge in [0.2, 0.25) is 0 Å². The maximum Gasteiger partial charge on any atom is 0.257 e. The molecule has 0 aliphatic carbocycles. The molecule has 0 atom stereocenters. The summed E-state index contributed by atoms with van der Waals surface area (Å²) in [4.78, 5) is 16.4. The molecule has 1 heterocycles. The van der Waals surface area contributed by atoms with Crippen LogP contribution in [0.2, 0.25) is 5.02 Å². The van der Waals surface area contributed by atoms with Gasteiger partial charge in [0.1, 0.15) is 5.82 Å². The molecule has 0 unspecified atom stereocenters. The van der Waals surface area contributed by atoms with Crippen LogP contribution in [0.25, 0.3) is 0 Å². The zero-order chi connectivity index (χ0) is 15.2. The van der Waals surface area contributed by atoms with Crippen LogP contribution in [0.3, 0.4) is 0 Å². The highest BCUT2D eigenvalue weighted by Crippen LogP contribution is 2.20. The first-order valence-corrected chi connectivity index (χ1v) is 7.31. The molecular weight excluding hydrogens is 286 g/mol. The van der Waals surface area contributed by atoms with E-state index in [1.807, 2.05) is 31.2 Å². The van der Waals surface area contributed by atoms with E-state index in [0.717, 1.165) is 18.7 Å². The smallest absolute Gasteiger partial charge is 0.257 e. The Kier molecular flexibility index (Phi) is 5.17. The molecule has 5 heteroatoms. The summed E-state index contributed by atoms with van der Waals surface area (Å²) in [6.07, 6.45) is 2.45. The van der Waals surface area contributed by atoms with Gasteiger partial charge in [0.25, 0.3) is 5.91 Å². The number of anilines is 2. The van der Waals surface area contributed by atoms with Gasteiger partial charge >= 0.3 is 0 Å². The highest BCUT2D eigenvalue weighted by Gasteiger charge is 2.12. The standard InChI is InChI=1S/C16H18ClN3O/c1-3-11-5-7-12(8-6-11)20-16(21)13-9-15(18-4-2)19-10-14(13)17/h5-10H,3-4H2,1-2H3,(H,18,19)(H,20,21). The first-order valence-electron chi connectivity index (χ1n) is 6.93. The predicted molar refractivity (Wildman–Crippen MR) is 87.2 cm³/mol. The SMILES string of the molecule is CCNc1cc(C(=O)Nc2ccc(CC)cc2)c(Cl)cn1. The summed E-state index contributed by atoms with van der Waals surface area (Å²) in [5.74, 6) is 0.388. The minimum atomic E-state index is -0.245. The Hall–Kier alpha value is -2.07. The van der Waals surface area contributed by atoms with Gasteiger partial charge in [-0.25, -0.2) is 4.98 Å². The Labute approximate surface area is 129 Å². The number of carbonyl (C=O) groups is 1. The van der Waals surface area contributed by atoms with Crippen LogP contribution in [-0.4, -0.2) is 17.4 Å². The lowest BCUT2D eigenvalue weighted by Gasteiger charge is -2.09. The van der Waals surface area contributed by atoms with Gasteiger partial charge in [-0.15, -0.1) is 0 Å². The number of carbonyl (C=O) groups excluding carboxylic acids is 1. The fourth-order valence-corrected chi connectivity index (χ4v) is 2.10. The van der Waals surface area contributed by atoms with Crippen molar-refractivity contribution in [3.8, 4) is 0 Å². The van der Waals surface area contributed by atoms with Crippen molar-refractivity contribution in [3.05, 3.63) is 52.7 Å². The summed E-state index contributed by atoms with van der Waals surface area (Å²) in [6.45, 7) is 4.78. The number of amides is 1. The van der Waals surface area contributed by atoms with Crippen molar-refractivity contribution >= 4 is 29.0 Å². The van der Waals surface area contributed by atoms with E-state index in [0.29, 0.717) is 16.4 Å². The van der Waals surface area contributed by atoms with Crippen molar-refractivity contribution in [2.75, 3.05) is 17.2 Å². The Balaban J connectivity index is 2.17. The minimum absolute atomic E-state index is 0.245. The van der Waals surface area contributed by atoms with E-state index in [1.165, 1.54) is 11.8 Å². The van der Waals surface area contributed by atoms with Crippen LogP contribution >= 0.6 is 11.6 Å². The number of rotatable bonds is 5. The van der Waals surface area contributed by atoms with E-state index in [4.69, 9.17) is 11.6 Å². The summed E-state index contributed by atoms with van der Waals surface area (Å²) >= 11 is 6.05. The molecule has 1 aromatic heterocycles. The fourth-order valence-electron chi connectivity index (χ4n) is 1.91. The summed E-state index contributed by atoms with van der Waals surface area (Å²) < 4.78 is 0. The lowest BCUT2D eigenvalue weighted by Crippen LogP contribution is -2.13. The van der Waals surface area contributed by atoms with Gasteiger partial charge in [-0.2, -0.15) is 0 Å². The van der Waals surface area contributed by atoms with Crippen molar-refractivity contribution in [1.29, 1.82) is 0 Å². The maximum absolute atomic E-state index is 12.3. The topological polar surface area (TPSA) is 54.0 Å². The molecular formula is C16H18ClN3O. The largest absolute Gasteiger partial charge is 0.370 e. The first kappa shape index (κ1) is 15.3. The third-order valence-electron chi connectivity index (χ3n) is 3.08. The summed E-state index contributed by atoms with van der Waals surface area (Å²) in [5, 5.41) is 6.23. The molecule has 0 radical (unpaired) electrons. The van der Waals surface area contributed by atoms with Gasteiger partial charge in [0, 0.05) is 18.4 Å².